The highest BCUT2D eigenvalue weighted by Crippen LogP contribution is 2.26. The average Bonchev–Trinajstić information content (AvgIpc) is 2.84. The molecule has 32 heavy (non-hydrogen) atoms. The Morgan fingerprint density at radius 1 is 0.875 bits per heavy atom. The highest BCUT2D eigenvalue weighted by molar-refractivity contribution is 5.91. The number of unbranched alkanes of at least 4 members (excludes halogenated alkanes) is 7. The standard InChI is InChI=1S/C29H35O3/c1-2-3-4-5-6-7-8-12-23-31-27-19-17-26(18-20-27)29(30)32-28-21-15-25(16-22-28)24-13-10-9-11-14-24/h10-11,13,15-22,24H,2-8,12,14,23H2,1H3. The minimum Gasteiger partial charge on any atom is -0.494 e. The molecule has 169 valence electrons. The van der Waals surface area contributed by atoms with E-state index in [1.165, 1.54) is 50.5 Å². The van der Waals surface area contributed by atoms with Crippen molar-refractivity contribution in [2.24, 2.45) is 0 Å². The smallest absolute Gasteiger partial charge is 0.343 e. The van der Waals surface area contributed by atoms with Crippen molar-refractivity contribution in [2.75, 3.05) is 6.61 Å². The van der Waals surface area contributed by atoms with Crippen LogP contribution < -0.4 is 9.47 Å². The number of rotatable bonds is 13. The summed E-state index contributed by atoms with van der Waals surface area (Å²) in [7, 11) is 0. The van der Waals surface area contributed by atoms with E-state index in [1.54, 1.807) is 12.1 Å². The van der Waals surface area contributed by atoms with Gasteiger partial charge in [-0.25, -0.2) is 4.79 Å². The Hall–Kier alpha value is -2.81. The third-order valence-electron chi connectivity index (χ3n) is 5.79. The summed E-state index contributed by atoms with van der Waals surface area (Å²) >= 11 is 0. The molecule has 0 fully saturated rings. The second-order valence-corrected chi connectivity index (χ2v) is 8.38. The number of esters is 1. The molecule has 0 heterocycles. The fourth-order valence-corrected chi connectivity index (χ4v) is 3.82. The van der Waals surface area contributed by atoms with Gasteiger partial charge in [-0.05, 0) is 60.9 Å². The van der Waals surface area contributed by atoms with Crippen LogP contribution >= 0.6 is 0 Å². The van der Waals surface area contributed by atoms with Gasteiger partial charge in [0.1, 0.15) is 11.5 Å². The van der Waals surface area contributed by atoms with Crippen LogP contribution in [0.1, 0.15) is 86.6 Å². The molecule has 0 N–H and O–H groups in total. The molecule has 0 bridgehead atoms. The summed E-state index contributed by atoms with van der Waals surface area (Å²) in [6.45, 7) is 2.97. The lowest BCUT2D eigenvalue weighted by molar-refractivity contribution is 0.0734. The summed E-state index contributed by atoms with van der Waals surface area (Å²) in [5.74, 6) is 1.35. The van der Waals surface area contributed by atoms with Gasteiger partial charge >= 0.3 is 5.97 Å². The highest BCUT2D eigenvalue weighted by Gasteiger charge is 2.11. The van der Waals surface area contributed by atoms with Crippen LogP contribution in [-0.4, -0.2) is 12.6 Å². The zero-order valence-corrected chi connectivity index (χ0v) is 19.2. The van der Waals surface area contributed by atoms with Gasteiger partial charge in [-0.3, -0.25) is 0 Å². The number of benzene rings is 2. The first-order valence-corrected chi connectivity index (χ1v) is 12.1. The van der Waals surface area contributed by atoms with Crippen molar-refractivity contribution in [3.63, 3.8) is 0 Å². The monoisotopic (exact) mass is 431 g/mol. The molecule has 3 rings (SSSR count). The molecule has 3 heteroatoms. The summed E-state index contributed by atoms with van der Waals surface area (Å²) in [6, 6.07) is 14.9. The molecule has 0 aliphatic heterocycles. The first kappa shape index (κ1) is 23.8. The predicted octanol–water partition coefficient (Wildman–Crippen LogP) is 7.83. The second-order valence-electron chi connectivity index (χ2n) is 8.38. The van der Waals surface area contributed by atoms with Crippen molar-refractivity contribution < 1.29 is 14.3 Å². The normalized spacial score (nSPS) is 15.0. The molecule has 1 aliphatic carbocycles. The second kappa shape index (κ2) is 13.6. The van der Waals surface area contributed by atoms with Crippen LogP contribution in [0.4, 0.5) is 0 Å². The van der Waals surface area contributed by atoms with Crippen LogP contribution in [0, 0.1) is 6.08 Å². The fraction of sp³-hybridized carbons (Fsp3) is 0.414. The van der Waals surface area contributed by atoms with Gasteiger partial charge in [0, 0.05) is 5.92 Å². The molecular weight excluding hydrogens is 396 g/mol. The number of carbonyl (C=O) groups is 1. The number of hydrogen-bond acceptors (Lipinski definition) is 3. The largest absolute Gasteiger partial charge is 0.494 e. The van der Waals surface area contributed by atoms with Crippen LogP contribution in [0.2, 0.25) is 0 Å². The van der Waals surface area contributed by atoms with E-state index in [0.29, 0.717) is 17.2 Å². The van der Waals surface area contributed by atoms with E-state index in [1.807, 2.05) is 48.6 Å². The Balaban J connectivity index is 1.36. The van der Waals surface area contributed by atoms with E-state index in [2.05, 4.69) is 19.1 Å². The third kappa shape index (κ3) is 8.03. The third-order valence-corrected chi connectivity index (χ3v) is 5.79. The molecule has 1 aliphatic rings. The molecule has 3 nitrogen and oxygen atoms in total. The van der Waals surface area contributed by atoms with Crippen molar-refractivity contribution in [3.8, 4) is 11.5 Å². The van der Waals surface area contributed by atoms with Crippen LogP contribution in [0.5, 0.6) is 11.5 Å². The van der Waals surface area contributed by atoms with Gasteiger partial charge in [0.05, 0.1) is 12.2 Å². The van der Waals surface area contributed by atoms with Crippen molar-refractivity contribution in [1.29, 1.82) is 0 Å². The van der Waals surface area contributed by atoms with E-state index in [9.17, 15) is 4.79 Å². The number of hydrogen-bond donors (Lipinski definition) is 0. The SMILES string of the molecule is CCCCCCCCCCOc1ccc(C(=O)Oc2ccc(C3C=C[C]=CC3)cc2)cc1. The van der Waals surface area contributed by atoms with Crippen molar-refractivity contribution in [3.05, 3.63) is 84.0 Å². The summed E-state index contributed by atoms with van der Waals surface area (Å²) in [4.78, 5) is 12.5. The van der Waals surface area contributed by atoms with Gasteiger partial charge in [0.2, 0.25) is 0 Å². The Bertz CT molecular complexity index is 862. The lowest BCUT2D eigenvalue weighted by Gasteiger charge is -2.13. The van der Waals surface area contributed by atoms with Gasteiger partial charge in [-0.1, -0.05) is 82.2 Å². The first-order chi connectivity index (χ1) is 15.8. The maximum Gasteiger partial charge on any atom is 0.343 e. The Morgan fingerprint density at radius 3 is 2.19 bits per heavy atom. The van der Waals surface area contributed by atoms with Crippen LogP contribution in [0.3, 0.4) is 0 Å². The van der Waals surface area contributed by atoms with E-state index in [0.717, 1.165) is 25.2 Å². The highest BCUT2D eigenvalue weighted by atomic mass is 16.5. The van der Waals surface area contributed by atoms with Gasteiger partial charge in [0.15, 0.2) is 0 Å². The van der Waals surface area contributed by atoms with Gasteiger partial charge in [-0.15, -0.1) is 0 Å². The zero-order valence-electron chi connectivity index (χ0n) is 19.2. The minimum atomic E-state index is -0.359. The summed E-state index contributed by atoms with van der Waals surface area (Å²) in [6.07, 6.45) is 20.4. The summed E-state index contributed by atoms with van der Waals surface area (Å²) in [5.41, 5.74) is 1.72. The zero-order chi connectivity index (χ0) is 22.4. The van der Waals surface area contributed by atoms with E-state index >= 15 is 0 Å². The molecule has 1 atom stereocenters. The molecule has 0 saturated heterocycles. The van der Waals surface area contributed by atoms with E-state index in [-0.39, 0.29) is 5.97 Å². The quantitative estimate of drug-likeness (QED) is 0.184. The Labute approximate surface area is 193 Å². The molecule has 2 aromatic rings. The molecule has 0 amide bonds. The van der Waals surface area contributed by atoms with Gasteiger partial charge in [0.25, 0.3) is 0 Å². The molecule has 1 radical (unpaired) electrons. The maximum absolute atomic E-state index is 12.5. The summed E-state index contributed by atoms with van der Waals surface area (Å²) in [5, 5.41) is 0. The van der Waals surface area contributed by atoms with E-state index in [4.69, 9.17) is 9.47 Å². The Kier molecular flexibility index (Phi) is 10.1. The molecule has 0 spiro atoms. The first-order valence-electron chi connectivity index (χ1n) is 12.1. The van der Waals surface area contributed by atoms with Gasteiger partial charge in [-0.2, -0.15) is 0 Å². The van der Waals surface area contributed by atoms with E-state index < -0.39 is 0 Å². The number of ether oxygens (including phenoxy) is 2. The average molecular weight is 432 g/mol. The lowest BCUT2D eigenvalue weighted by atomic mass is 9.93. The molecule has 1 unspecified atom stereocenters. The van der Waals surface area contributed by atoms with Crippen molar-refractivity contribution in [1.82, 2.24) is 0 Å². The molecular formula is C29H35O3. The number of carbonyl (C=O) groups excluding carboxylic acids is 1. The molecule has 0 aromatic heterocycles. The lowest BCUT2D eigenvalue weighted by Crippen LogP contribution is -2.08. The van der Waals surface area contributed by atoms with Crippen LogP contribution in [0.25, 0.3) is 0 Å². The topological polar surface area (TPSA) is 35.5 Å². The van der Waals surface area contributed by atoms with Crippen LogP contribution in [0.15, 0.2) is 66.8 Å². The van der Waals surface area contributed by atoms with Crippen LogP contribution in [-0.2, 0) is 0 Å². The molecule has 2 aromatic carbocycles. The molecule has 0 saturated carbocycles. The maximum atomic E-state index is 12.5. The minimum absolute atomic E-state index is 0.359. The van der Waals surface area contributed by atoms with Crippen molar-refractivity contribution >= 4 is 5.97 Å². The fourth-order valence-electron chi connectivity index (χ4n) is 3.82. The van der Waals surface area contributed by atoms with Crippen molar-refractivity contribution in [2.45, 2.75) is 70.6 Å². The van der Waals surface area contributed by atoms with Gasteiger partial charge < -0.3 is 9.47 Å². The summed E-state index contributed by atoms with van der Waals surface area (Å²) < 4.78 is 11.3. The predicted molar refractivity (Wildman–Crippen MR) is 130 cm³/mol. The number of allylic oxidation sites excluding steroid dienone is 4. The Morgan fingerprint density at radius 2 is 1.53 bits per heavy atom.